The summed E-state index contributed by atoms with van der Waals surface area (Å²) in [7, 11) is 0. The third-order valence-electron chi connectivity index (χ3n) is 1.39. The molecule has 2 heterocycles. The van der Waals surface area contributed by atoms with E-state index >= 15 is 0 Å². The quantitative estimate of drug-likeness (QED) is 0.584. The van der Waals surface area contributed by atoms with Gasteiger partial charge in [-0.2, -0.15) is 9.47 Å². The Morgan fingerprint density at radius 2 is 2.50 bits per heavy atom. The summed E-state index contributed by atoms with van der Waals surface area (Å²) in [6.07, 6.45) is 7.47. The molecule has 0 saturated carbocycles. The SMILES string of the molecule is C1=CNSC(NN=c2cccns2)=C1. The molecule has 6 heteroatoms. The van der Waals surface area contributed by atoms with Gasteiger partial charge in [-0.15, -0.1) is 0 Å². The van der Waals surface area contributed by atoms with Crippen LogP contribution >= 0.6 is 23.5 Å². The molecule has 4 nitrogen and oxygen atoms in total. The molecular formula is C8H8N4S2. The zero-order valence-electron chi connectivity index (χ0n) is 7.18. The summed E-state index contributed by atoms with van der Waals surface area (Å²) in [6, 6.07) is 3.76. The number of hydrogen-bond acceptors (Lipinski definition) is 6. The third kappa shape index (κ3) is 2.61. The van der Waals surface area contributed by atoms with Crippen molar-refractivity contribution in [2.45, 2.75) is 0 Å². The first-order valence-electron chi connectivity index (χ1n) is 3.95. The first-order valence-corrected chi connectivity index (χ1v) is 5.54. The van der Waals surface area contributed by atoms with Gasteiger partial charge in [-0.05, 0) is 35.8 Å². The Balaban J connectivity index is 2.06. The fraction of sp³-hybridized carbons (Fsp3) is 0. The smallest absolute Gasteiger partial charge is 0.154 e. The molecule has 0 radical (unpaired) electrons. The molecule has 2 rings (SSSR count). The van der Waals surface area contributed by atoms with E-state index in [2.05, 4.69) is 19.6 Å². The zero-order chi connectivity index (χ0) is 9.64. The van der Waals surface area contributed by atoms with Crippen molar-refractivity contribution in [2.24, 2.45) is 5.10 Å². The summed E-state index contributed by atoms with van der Waals surface area (Å²) in [5, 5.41) is 5.13. The minimum absolute atomic E-state index is 0.851. The van der Waals surface area contributed by atoms with E-state index in [1.807, 2.05) is 30.5 Å². The molecule has 0 bridgehead atoms. The number of nitrogens with zero attached hydrogens (tertiary/aromatic N) is 2. The van der Waals surface area contributed by atoms with E-state index in [1.165, 1.54) is 23.5 Å². The van der Waals surface area contributed by atoms with Gasteiger partial charge in [-0.3, -0.25) is 5.43 Å². The summed E-state index contributed by atoms with van der Waals surface area (Å²) >= 11 is 2.83. The molecule has 0 fully saturated rings. The lowest BCUT2D eigenvalue weighted by Gasteiger charge is -2.07. The van der Waals surface area contributed by atoms with Gasteiger partial charge in [0.1, 0.15) is 5.03 Å². The van der Waals surface area contributed by atoms with Crippen LogP contribution in [0.25, 0.3) is 0 Å². The normalized spacial score (nSPS) is 16.0. The number of rotatable bonds is 2. The highest BCUT2D eigenvalue weighted by atomic mass is 32.2. The van der Waals surface area contributed by atoms with Crippen LogP contribution in [-0.2, 0) is 0 Å². The molecular weight excluding hydrogens is 216 g/mol. The van der Waals surface area contributed by atoms with E-state index in [0.717, 1.165) is 9.70 Å². The summed E-state index contributed by atoms with van der Waals surface area (Å²) in [5.41, 5.74) is 2.94. The van der Waals surface area contributed by atoms with E-state index in [0.29, 0.717) is 0 Å². The maximum atomic E-state index is 4.17. The van der Waals surface area contributed by atoms with E-state index in [-0.39, 0.29) is 0 Å². The molecule has 1 aliphatic heterocycles. The van der Waals surface area contributed by atoms with Gasteiger partial charge in [0.2, 0.25) is 0 Å². The third-order valence-corrected chi connectivity index (χ3v) is 2.73. The Kier molecular flexibility index (Phi) is 3.20. The van der Waals surface area contributed by atoms with Crippen LogP contribution in [-0.4, -0.2) is 4.37 Å². The van der Waals surface area contributed by atoms with E-state index < -0.39 is 0 Å². The van der Waals surface area contributed by atoms with Crippen LogP contribution in [0.15, 0.2) is 46.8 Å². The maximum Gasteiger partial charge on any atom is 0.154 e. The van der Waals surface area contributed by atoms with Gasteiger partial charge < -0.3 is 4.72 Å². The Morgan fingerprint density at radius 3 is 3.21 bits per heavy atom. The van der Waals surface area contributed by atoms with Gasteiger partial charge in [0, 0.05) is 24.3 Å². The first-order chi connectivity index (χ1) is 6.95. The second-order valence-corrected chi connectivity index (χ2v) is 4.07. The van der Waals surface area contributed by atoms with Crippen molar-refractivity contribution < 1.29 is 0 Å². The van der Waals surface area contributed by atoms with Crippen molar-refractivity contribution in [3.05, 3.63) is 46.4 Å². The number of allylic oxidation sites excluding steroid dienone is 2. The Bertz CT molecular complexity index is 404. The van der Waals surface area contributed by atoms with Crippen LogP contribution in [0, 0.1) is 0 Å². The van der Waals surface area contributed by atoms with Crippen molar-refractivity contribution in [3.8, 4) is 0 Å². The first kappa shape index (κ1) is 9.29. The van der Waals surface area contributed by atoms with Crippen molar-refractivity contribution in [1.82, 2.24) is 14.5 Å². The number of nitrogens with one attached hydrogen (secondary N) is 2. The topological polar surface area (TPSA) is 49.3 Å². The van der Waals surface area contributed by atoms with Crippen molar-refractivity contribution in [1.29, 1.82) is 0 Å². The van der Waals surface area contributed by atoms with Crippen LogP contribution in [0.4, 0.5) is 0 Å². The molecule has 1 aliphatic rings. The molecule has 0 saturated heterocycles. The van der Waals surface area contributed by atoms with Crippen LogP contribution in [0.3, 0.4) is 0 Å². The van der Waals surface area contributed by atoms with Gasteiger partial charge >= 0.3 is 0 Å². The van der Waals surface area contributed by atoms with E-state index in [1.54, 1.807) is 6.20 Å². The molecule has 72 valence electrons. The van der Waals surface area contributed by atoms with E-state index in [9.17, 15) is 0 Å². The number of hydrogen-bond donors (Lipinski definition) is 2. The van der Waals surface area contributed by atoms with Crippen LogP contribution in [0.1, 0.15) is 0 Å². The van der Waals surface area contributed by atoms with Gasteiger partial charge in [0.25, 0.3) is 0 Å². The van der Waals surface area contributed by atoms with Crippen LogP contribution < -0.4 is 14.8 Å². The minimum atomic E-state index is 0.851. The Labute approximate surface area is 89.7 Å². The summed E-state index contributed by atoms with van der Waals surface area (Å²) < 4.78 is 7.86. The molecule has 0 aromatic carbocycles. The van der Waals surface area contributed by atoms with Crippen LogP contribution in [0.5, 0.6) is 0 Å². The fourth-order valence-corrected chi connectivity index (χ4v) is 1.79. The lowest BCUT2D eigenvalue weighted by Crippen LogP contribution is -2.12. The average molecular weight is 224 g/mol. The molecule has 2 N–H and O–H groups in total. The minimum Gasteiger partial charge on any atom is -0.331 e. The zero-order valence-corrected chi connectivity index (χ0v) is 8.81. The standard InChI is InChI=1S/C8H8N4S2/c1-3-7(13-9-5-1)11-12-8-4-2-6-10-14-8/h1-6,9,11H. The van der Waals surface area contributed by atoms with Crippen molar-refractivity contribution in [2.75, 3.05) is 0 Å². The van der Waals surface area contributed by atoms with E-state index in [4.69, 9.17) is 0 Å². The fourth-order valence-electron chi connectivity index (χ4n) is 0.810. The molecule has 0 spiro atoms. The second kappa shape index (κ2) is 4.83. The number of aromatic nitrogens is 1. The predicted molar refractivity (Wildman–Crippen MR) is 58.8 cm³/mol. The van der Waals surface area contributed by atoms with Gasteiger partial charge in [-0.1, -0.05) is 0 Å². The highest BCUT2D eigenvalue weighted by Gasteiger charge is 1.96. The Hall–Kier alpha value is -1.27. The molecule has 14 heavy (non-hydrogen) atoms. The molecule has 0 aliphatic carbocycles. The summed E-state index contributed by atoms with van der Waals surface area (Å²) in [6.45, 7) is 0. The molecule has 1 aromatic heterocycles. The monoisotopic (exact) mass is 224 g/mol. The molecule has 0 unspecified atom stereocenters. The largest absolute Gasteiger partial charge is 0.331 e. The van der Waals surface area contributed by atoms with Gasteiger partial charge in [0.05, 0.1) is 0 Å². The second-order valence-electron chi connectivity index (χ2n) is 2.38. The average Bonchev–Trinajstić information content (AvgIpc) is 2.29. The maximum absolute atomic E-state index is 4.17. The highest BCUT2D eigenvalue weighted by molar-refractivity contribution is 8.01. The van der Waals surface area contributed by atoms with Crippen molar-refractivity contribution >= 4 is 23.5 Å². The Morgan fingerprint density at radius 1 is 1.50 bits per heavy atom. The lowest BCUT2D eigenvalue weighted by molar-refractivity contribution is 0.908. The summed E-state index contributed by atoms with van der Waals surface area (Å²) in [5.74, 6) is 0. The van der Waals surface area contributed by atoms with Crippen LogP contribution in [0.2, 0.25) is 0 Å². The van der Waals surface area contributed by atoms with Gasteiger partial charge in [-0.25, -0.2) is 0 Å². The predicted octanol–water partition coefficient (Wildman–Crippen LogP) is 1.15. The highest BCUT2D eigenvalue weighted by Crippen LogP contribution is 2.10. The van der Waals surface area contributed by atoms with Gasteiger partial charge in [0.15, 0.2) is 4.67 Å². The molecule has 0 amide bonds. The summed E-state index contributed by atoms with van der Waals surface area (Å²) in [4.78, 5) is 0. The lowest BCUT2D eigenvalue weighted by atomic mass is 10.6. The molecule has 1 aromatic rings. The molecule has 0 atom stereocenters. The van der Waals surface area contributed by atoms with Crippen molar-refractivity contribution in [3.63, 3.8) is 0 Å².